The van der Waals surface area contributed by atoms with Gasteiger partial charge in [-0.25, -0.2) is 0 Å². The SMILES string of the molecule is Cc1cccc(C(c2ccccc2)(c2ccccc2)c2c(C)c(CC(C)C)cc3c2Cc2ccccc2-3)c1C. The molecule has 1 aliphatic carbocycles. The Morgan fingerprint density at radius 1 is 0.641 bits per heavy atom. The standard InChI is InChI=1S/C39H38/c1-26(2)23-31-25-35-34-21-13-12-16-30(34)24-36(35)38(29(31)5)39(32-17-8-6-9-18-32,33-19-10-7-11-20-33)37-22-14-15-27(3)28(37)4/h6-22,25-26H,23-24H2,1-5H3. The van der Waals surface area contributed by atoms with Crippen LogP contribution in [-0.2, 0) is 18.3 Å². The Hall–Kier alpha value is -3.90. The maximum absolute atomic E-state index is 2.52. The highest BCUT2D eigenvalue weighted by Gasteiger charge is 2.44. The van der Waals surface area contributed by atoms with Gasteiger partial charge in [0.1, 0.15) is 0 Å². The molecule has 39 heavy (non-hydrogen) atoms. The van der Waals surface area contributed by atoms with Crippen LogP contribution in [0.5, 0.6) is 0 Å². The maximum Gasteiger partial charge on any atom is 0.0709 e. The Balaban J connectivity index is 1.84. The minimum atomic E-state index is -0.443. The van der Waals surface area contributed by atoms with Crippen LogP contribution in [0.25, 0.3) is 11.1 Å². The van der Waals surface area contributed by atoms with Crippen LogP contribution >= 0.6 is 0 Å². The van der Waals surface area contributed by atoms with Gasteiger partial charge in [-0.15, -0.1) is 0 Å². The molecule has 0 aromatic heterocycles. The van der Waals surface area contributed by atoms with Crippen molar-refractivity contribution in [1.29, 1.82) is 0 Å². The van der Waals surface area contributed by atoms with Crippen LogP contribution in [0.3, 0.4) is 0 Å². The lowest BCUT2D eigenvalue weighted by Crippen LogP contribution is -2.34. The summed E-state index contributed by atoms with van der Waals surface area (Å²) in [6.45, 7) is 11.6. The first-order valence-electron chi connectivity index (χ1n) is 14.3. The second-order valence-corrected chi connectivity index (χ2v) is 11.7. The predicted octanol–water partition coefficient (Wildman–Crippen LogP) is 9.76. The van der Waals surface area contributed by atoms with E-state index in [1.165, 1.54) is 66.8 Å². The second kappa shape index (κ2) is 10.0. The van der Waals surface area contributed by atoms with Crippen molar-refractivity contribution in [2.24, 2.45) is 5.92 Å². The average molecular weight is 507 g/mol. The lowest BCUT2D eigenvalue weighted by atomic mass is 9.60. The quantitative estimate of drug-likeness (QED) is 0.197. The minimum Gasteiger partial charge on any atom is -0.0625 e. The van der Waals surface area contributed by atoms with Crippen LogP contribution in [0.2, 0.25) is 0 Å². The summed E-state index contributed by atoms with van der Waals surface area (Å²) in [5, 5.41) is 0. The highest BCUT2D eigenvalue weighted by molar-refractivity contribution is 5.82. The van der Waals surface area contributed by atoms with E-state index in [9.17, 15) is 0 Å². The van der Waals surface area contributed by atoms with Crippen LogP contribution in [0.4, 0.5) is 0 Å². The summed E-state index contributed by atoms with van der Waals surface area (Å²) >= 11 is 0. The molecule has 0 spiro atoms. The molecule has 1 aliphatic rings. The molecule has 0 saturated heterocycles. The Bertz CT molecular complexity index is 1600. The molecule has 5 aromatic carbocycles. The first kappa shape index (κ1) is 25.4. The molecule has 0 atom stereocenters. The van der Waals surface area contributed by atoms with Crippen LogP contribution in [0.15, 0.2) is 109 Å². The summed E-state index contributed by atoms with van der Waals surface area (Å²) < 4.78 is 0. The van der Waals surface area contributed by atoms with Crippen molar-refractivity contribution in [3.63, 3.8) is 0 Å². The molecule has 0 amide bonds. The van der Waals surface area contributed by atoms with Gasteiger partial charge in [0.05, 0.1) is 5.41 Å². The predicted molar refractivity (Wildman–Crippen MR) is 166 cm³/mol. The van der Waals surface area contributed by atoms with Crippen LogP contribution in [0, 0.1) is 26.7 Å². The van der Waals surface area contributed by atoms with E-state index >= 15 is 0 Å². The number of fused-ring (bicyclic) bond motifs is 3. The Kier molecular flexibility index (Phi) is 6.51. The molecular formula is C39H38. The molecule has 0 radical (unpaired) electrons. The molecule has 5 aromatic rings. The van der Waals surface area contributed by atoms with Gasteiger partial charge in [-0.05, 0) is 106 Å². The fourth-order valence-electron chi connectivity index (χ4n) is 7.04. The van der Waals surface area contributed by atoms with Crippen LogP contribution < -0.4 is 0 Å². The number of hydrogen-bond acceptors (Lipinski definition) is 0. The fourth-order valence-corrected chi connectivity index (χ4v) is 7.04. The van der Waals surface area contributed by atoms with E-state index in [-0.39, 0.29) is 0 Å². The van der Waals surface area contributed by atoms with Gasteiger partial charge in [-0.3, -0.25) is 0 Å². The monoisotopic (exact) mass is 506 g/mol. The fraction of sp³-hybridized carbons (Fsp3) is 0.231. The van der Waals surface area contributed by atoms with E-state index in [4.69, 9.17) is 0 Å². The third kappa shape index (κ3) is 4.05. The highest BCUT2D eigenvalue weighted by Crippen LogP contribution is 2.53. The number of benzene rings is 5. The highest BCUT2D eigenvalue weighted by atomic mass is 14.5. The van der Waals surface area contributed by atoms with Crippen molar-refractivity contribution >= 4 is 0 Å². The van der Waals surface area contributed by atoms with Gasteiger partial charge in [0, 0.05) is 0 Å². The molecule has 0 N–H and O–H groups in total. The summed E-state index contributed by atoms with van der Waals surface area (Å²) in [7, 11) is 0. The third-order valence-corrected chi connectivity index (χ3v) is 8.90. The van der Waals surface area contributed by atoms with Crippen molar-refractivity contribution in [3.8, 4) is 11.1 Å². The first-order valence-corrected chi connectivity index (χ1v) is 14.3. The average Bonchev–Trinajstić information content (AvgIpc) is 3.31. The molecular weight excluding hydrogens is 468 g/mol. The molecule has 0 aliphatic heterocycles. The van der Waals surface area contributed by atoms with Crippen LogP contribution in [0.1, 0.15) is 69.5 Å². The van der Waals surface area contributed by atoms with Gasteiger partial charge in [-0.1, -0.05) is 123 Å². The molecule has 0 heteroatoms. The van der Waals surface area contributed by atoms with Gasteiger partial charge in [0.15, 0.2) is 0 Å². The molecule has 0 bridgehead atoms. The number of aryl methyl sites for hydroxylation is 1. The molecule has 0 heterocycles. The molecule has 6 rings (SSSR count). The molecule has 0 saturated carbocycles. The zero-order valence-corrected chi connectivity index (χ0v) is 23.9. The molecule has 194 valence electrons. The van der Waals surface area contributed by atoms with E-state index in [0.29, 0.717) is 5.92 Å². The zero-order chi connectivity index (χ0) is 27.1. The summed E-state index contributed by atoms with van der Waals surface area (Å²) in [5.74, 6) is 0.579. The first-order chi connectivity index (χ1) is 18.9. The van der Waals surface area contributed by atoms with Crippen molar-refractivity contribution in [2.75, 3.05) is 0 Å². The maximum atomic E-state index is 2.52. The molecule has 0 nitrogen and oxygen atoms in total. The van der Waals surface area contributed by atoms with E-state index < -0.39 is 5.41 Å². The van der Waals surface area contributed by atoms with Crippen molar-refractivity contribution in [1.82, 2.24) is 0 Å². The lowest BCUT2D eigenvalue weighted by Gasteiger charge is -2.41. The largest absolute Gasteiger partial charge is 0.0709 e. The summed E-state index contributed by atoms with van der Waals surface area (Å²) in [6, 6.07) is 40.9. The smallest absolute Gasteiger partial charge is 0.0625 e. The topological polar surface area (TPSA) is 0 Å². The second-order valence-electron chi connectivity index (χ2n) is 11.7. The zero-order valence-electron chi connectivity index (χ0n) is 23.9. The van der Waals surface area contributed by atoms with Crippen molar-refractivity contribution in [2.45, 2.75) is 52.9 Å². The number of rotatable bonds is 6. The van der Waals surface area contributed by atoms with Gasteiger partial charge in [0.2, 0.25) is 0 Å². The Morgan fingerprint density at radius 3 is 1.90 bits per heavy atom. The third-order valence-electron chi connectivity index (χ3n) is 8.90. The van der Waals surface area contributed by atoms with E-state index in [1.54, 1.807) is 0 Å². The summed E-state index contributed by atoms with van der Waals surface area (Å²) in [6.07, 6.45) is 2.04. The Morgan fingerprint density at radius 2 is 1.26 bits per heavy atom. The summed E-state index contributed by atoms with van der Waals surface area (Å²) in [4.78, 5) is 0. The van der Waals surface area contributed by atoms with Gasteiger partial charge >= 0.3 is 0 Å². The van der Waals surface area contributed by atoms with E-state index in [1.807, 2.05) is 0 Å². The van der Waals surface area contributed by atoms with E-state index in [2.05, 4.69) is 144 Å². The summed E-state index contributed by atoms with van der Waals surface area (Å²) in [5.41, 5.74) is 16.4. The van der Waals surface area contributed by atoms with E-state index in [0.717, 1.165) is 12.8 Å². The van der Waals surface area contributed by atoms with Gasteiger partial charge < -0.3 is 0 Å². The normalized spacial score (nSPS) is 12.5. The number of hydrogen-bond donors (Lipinski definition) is 0. The molecule has 0 fully saturated rings. The van der Waals surface area contributed by atoms with Gasteiger partial charge in [-0.2, -0.15) is 0 Å². The van der Waals surface area contributed by atoms with Gasteiger partial charge in [0.25, 0.3) is 0 Å². The lowest BCUT2D eigenvalue weighted by molar-refractivity contribution is 0.640. The van der Waals surface area contributed by atoms with Crippen molar-refractivity contribution in [3.05, 3.63) is 165 Å². The Labute approximate surface area is 234 Å². The van der Waals surface area contributed by atoms with Crippen molar-refractivity contribution < 1.29 is 0 Å². The minimum absolute atomic E-state index is 0.443. The molecule has 0 unspecified atom stereocenters. The van der Waals surface area contributed by atoms with Crippen LogP contribution in [-0.4, -0.2) is 0 Å².